The Labute approximate surface area is 187 Å². The molecule has 2 N–H and O–H groups in total. The van der Waals surface area contributed by atoms with Crippen molar-refractivity contribution >= 4 is 35.6 Å². The van der Waals surface area contributed by atoms with Crippen LogP contribution in [-0.4, -0.2) is 52.1 Å². The highest BCUT2D eigenvalue weighted by atomic mass is 127. The highest BCUT2D eigenvalue weighted by Crippen LogP contribution is 2.24. The highest BCUT2D eigenvalue weighted by molar-refractivity contribution is 14.0. The maximum atomic E-state index is 5.72. The standard InChI is InChI=1S/C20H27N7O.HI/c1-21-20(23-15-19-25-24-18-9-3-6-12-27(18)19)22-14-16(17-8-7-13-28-17)26-10-4-2-5-11-26;/h3,6-9,12-13,16H,2,4-5,10-11,14-15H2,1H3,(H2,21,22,23);1H. The van der Waals surface area contributed by atoms with E-state index in [1.165, 1.54) is 19.3 Å². The summed E-state index contributed by atoms with van der Waals surface area (Å²) in [5, 5.41) is 15.2. The molecule has 0 radical (unpaired) electrons. The molecule has 0 bridgehead atoms. The van der Waals surface area contributed by atoms with Gasteiger partial charge in [0, 0.05) is 19.8 Å². The maximum absolute atomic E-state index is 5.72. The van der Waals surface area contributed by atoms with E-state index in [1.54, 1.807) is 13.3 Å². The Balaban J connectivity index is 0.00000240. The monoisotopic (exact) mass is 509 g/mol. The van der Waals surface area contributed by atoms with Crippen LogP contribution in [0, 0.1) is 0 Å². The van der Waals surface area contributed by atoms with Crippen LogP contribution in [0.3, 0.4) is 0 Å². The minimum absolute atomic E-state index is 0. The topological polar surface area (TPSA) is 83.0 Å². The second-order valence-electron chi connectivity index (χ2n) is 6.98. The molecule has 0 amide bonds. The Morgan fingerprint density at radius 2 is 2.00 bits per heavy atom. The Morgan fingerprint density at radius 3 is 2.76 bits per heavy atom. The van der Waals surface area contributed by atoms with Gasteiger partial charge in [0.2, 0.25) is 0 Å². The molecule has 1 aliphatic heterocycles. The lowest BCUT2D eigenvalue weighted by molar-refractivity contribution is 0.146. The largest absolute Gasteiger partial charge is 0.468 e. The molecule has 156 valence electrons. The van der Waals surface area contributed by atoms with E-state index in [0.717, 1.165) is 42.8 Å². The number of hydrogen-bond acceptors (Lipinski definition) is 5. The molecule has 1 saturated heterocycles. The first-order valence-corrected chi connectivity index (χ1v) is 9.86. The molecule has 1 atom stereocenters. The number of furan rings is 1. The number of aromatic nitrogens is 3. The van der Waals surface area contributed by atoms with Crippen LogP contribution in [0.1, 0.15) is 36.9 Å². The van der Waals surface area contributed by atoms with Crippen molar-refractivity contribution in [2.75, 3.05) is 26.7 Å². The Morgan fingerprint density at radius 1 is 1.14 bits per heavy atom. The highest BCUT2D eigenvalue weighted by Gasteiger charge is 2.24. The van der Waals surface area contributed by atoms with Crippen molar-refractivity contribution in [3.63, 3.8) is 0 Å². The first kappa shape index (κ1) is 21.6. The molecule has 3 aromatic heterocycles. The van der Waals surface area contributed by atoms with Gasteiger partial charge in [0.1, 0.15) is 5.76 Å². The lowest BCUT2D eigenvalue weighted by atomic mass is 10.1. The van der Waals surface area contributed by atoms with Gasteiger partial charge in [-0.1, -0.05) is 12.5 Å². The number of aliphatic imine (C=N–C) groups is 1. The molecule has 4 rings (SSSR count). The van der Waals surface area contributed by atoms with Gasteiger partial charge >= 0.3 is 0 Å². The zero-order valence-electron chi connectivity index (χ0n) is 16.6. The number of halogens is 1. The molecule has 0 saturated carbocycles. The van der Waals surface area contributed by atoms with E-state index in [2.05, 4.69) is 36.8 Å². The number of hydrogen-bond donors (Lipinski definition) is 2. The van der Waals surface area contributed by atoms with Crippen LogP contribution in [0.15, 0.2) is 52.2 Å². The van der Waals surface area contributed by atoms with Crippen LogP contribution >= 0.6 is 24.0 Å². The molecule has 0 spiro atoms. The average molecular weight is 509 g/mol. The molecule has 8 nitrogen and oxygen atoms in total. The van der Waals surface area contributed by atoms with Crippen LogP contribution in [0.25, 0.3) is 5.65 Å². The fraction of sp³-hybridized carbons (Fsp3) is 0.450. The summed E-state index contributed by atoms with van der Waals surface area (Å²) in [5.41, 5.74) is 0.838. The zero-order chi connectivity index (χ0) is 19.2. The molecule has 3 aromatic rings. The number of rotatable bonds is 6. The lowest BCUT2D eigenvalue weighted by Crippen LogP contribution is -2.44. The van der Waals surface area contributed by atoms with Crippen LogP contribution in [0.4, 0.5) is 0 Å². The first-order chi connectivity index (χ1) is 13.8. The van der Waals surface area contributed by atoms with Crippen molar-refractivity contribution in [3.8, 4) is 0 Å². The van der Waals surface area contributed by atoms with E-state index in [9.17, 15) is 0 Å². The number of piperidine rings is 1. The molecule has 29 heavy (non-hydrogen) atoms. The molecule has 1 unspecified atom stereocenters. The van der Waals surface area contributed by atoms with E-state index in [4.69, 9.17) is 4.42 Å². The number of guanidine groups is 1. The van der Waals surface area contributed by atoms with Gasteiger partial charge < -0.3 is 15.1 Å². The molecule has 9 heteroatoms. The second-order valence-corrected chi connectivity index (χ2v) is 6.98. The average Bonchev–Trinajstić information content (AvgIpc) is 3.42. The summed E-state index contributed by atoms with van der Waals surface area (Å²) in [5.74, 6) is 2.58. The van der Waals surface area contributed by atoms with Gasteiger partial charge in [-0.3, -0.25) is 14.3 Å². The summed E-state index contributed by atoms with van der Waals surface area (Å²) in [7, 11) is 1.78. The molecule has 0 aliphatic carbocycles. The quantitative estimate of drug-likeness (QED) is 0.302. The Kier molecular flexibility index (Phi) is 7.87. The summed E-state index contributed by atoms with van der Waals surface area (Å²) in [6.45, 7) is 3.48. The summed E-state index contributed by atoms with van der Waals surface area (Å²) < 4.78 is 7.69. The van der Waals surface area contributed by atoms with Crippen molar-refractivity contribution in [2.45, 2.75) is 31.8 Å². The van der Waals surface area contributed by atoms with Crippen molar-refractivity contribution in [1.29, 1.82) is 0 Å². The van der Waals surface area contributed by atoms with Crippen molar-refractivity contribution < 1.29 is 4.42 Å². The minimum atomic E-state index is 0. The van der Waals surface area contributed by atoms with Gasteiger partial charge in [0.15, 0.2) is 17.4 Å². The fourth-order valence-corrected chi connectivity index (χ4v) is 3.71. The molecule has 4 heterocycles. The number of likely N-dealkylation sites (tertiary alicyclic amines) is 1. The Hall–Kier alpha value is -2.14. The second kappa shape index (κ2) is 10.6. The normalized spacial score (nSPS) is 16.4. The van der Waals surface area contributed by atoms with E-state index in [-0.39, 0.29) is 30.0 Å². The third kappa shape index (κ3) is 5.27. The van der Waals surface area contributed by atoms with Gasteiger partial charge in [0.05, 0.1) is 18.8 Å². The van der Waals surface area contributed by atoms with E-state index >= 15 is 0 Å². The van der Waals surface area contributed by atoms with Crippen LogP contribution in [0.5, 0.6) is 0 Å². The number of pyridine rings is 1. The molecule has 1 aliphatic rings. The summed E-state index contributed by atoms with van der Waals surface area (Å²) >= 11 is 0. The molecule has 0 aromatic carbocycles. The van der Waals surface area contributed by atoms with Gasteiger partial charge in [-0.2, -0.15) is 0 Å². The number of nitrogens with zero attached hydrogens (tertiary/aromatic N) is 5. The van der Waals surface area contributed by atoms with Gasteiger partial charge in [-0.05, 0) is 50.2 Å². The van der Waals surface area contributed by atoms with Crippen molar-refractivity contribution in [3.05, 3.63) is 54.4 Å². The molecule has 1 fully saturated rings. The third-order valence-corrected chi connectivity index (χ3v) is 5.19. The SMILES string of the molecule is CN=C(NCc1nnc2ccccn12)NCC(c1ccco1)N1CCCCC1.I. The third-order valence-electron chi connectivity index (χ3n) is 5.19. The fourth-order valence-electron chi connectivity index (χ4n) is 3.71. The summed E-state index contributed by atoms with van der Waals surface area (Å²) in [6.07, 6.45) is 7.50. The lowest BCUT2D eigenvalue weighted by Gasteiger charge is -2.33. The summed E-state index contributed by atoms with van der Waals surface area (Å²) in [6, 6.07) is 10.1. The molecular weight excluding hydrogens is 481 g/mol. The van der Waals surface area contributed by atoms with Crippen LogP contribution < -0.4 is 10.6 Å². The van der Waals surface area contributed by atoms with Crippen molar-refractivity contribution in [2.24, 2.45) is 4.99 Å². The first-order valence-electron chi connectivity index (χ1n) is 9.86. The predicted molar refractivity (Wildman–Crippen MR) is 123 cm³/mol. The van der Waals surface area contributed by atoms with Gasteiger partial charge in [-0.25, -0.2) is 0 Å². The smallest absolute Gasteiger partial charge is 0.191 e. The zero-order valence-corrected chi connectivity index (χ0v) is 19.0. The van der Waals surface area contributed by atoms with E-state index < -0.39 is 0 Å². The number of fused-ring (bicyclic) bond motifs is 1. The van der Waals surface area contributed by atoms with E-state index in [1.807, 2.05) is 34.9 Å². The van der Waals surface area contributed by atoms with Crippen molar-refractivity contribution in [1.82, 2.24) is 30.1 Å². The van der Waals surface area contributed by atoms with Crippen LogP contribution in [0.2, 0.25) is 0 Å². The Bertz CT molecular complexity index is 903. The number of nitrogens with one attached hydrogen (secondary N) is 2. The van der Waals surface area contributed by atoms with Gasteiger partial charge in [-0.15, -0.1) is 34.2 Å². The predicted octanol–water partition coefficient (Wildman–Crippen LogP) is 2.83. The van der Waals surface area contributed by atoms with Gasteiger partial charge in [0.25, 0.3) is 0 Å². The van der Waals surface area contributed by atoms with E-state index in [0.29, 0.717) is 6.54 Å². The summed E-state index contributed by atoms with van der Waals surface area (Å²) in [4.78, 5) is 6.85. The minimum Gasteiger partial charge on any atom is -0.468 e. The molecular formula is C20H28IN7O. The maximum Gasteiger partial charge on any atom is 0.191 e. The van der Waals surface area contributed by atoms with Crippen LogP contribution in [-0.2, 0) is 6.54 Å².